The second-order valence-corrected chi connectivity index (χ2v) is 3.19. The van der Waals surface area contributed by atoms with E-state index in [1.54, 1.807) is 0 Å². The second-order valence-electron chi connectivity index (χ2n) is 2.28. The van der Waals surface area contributed by atoms with E-state index in [-0.39, 0.29) is 0 Å². The minimum Gasteiger partial charge on any atom is -0.129 e. The van der Waals surface area contributed by atoms with Gasteiger partial charge in [-0.05, 0) is 15.8 Å². The number of rotatable bonds is 0. The fourth-order valence-electron chi connectivity index (χ4n) is 1.08. The highest BCUT2D eigenvalue weighted by atomic mass is 32.2. The molecule has 1 aromatic rings. The van der Waals surface area contributed by atoms with Crippen LogP contribution in [0.2, 0.25) is 0 Å². The van der Waals surface area contributed by atoms with Gasteiger partial charge in [-0.1, -0.05) is 58.0 Å². The Balaban J connectivity index is 0.000000379. The van der Waals surface area contributed by atoms with Crippen molar-refractivity contribution in [2.24, 2.45) is 0 Å². The first-order valence-electron chi connectivity index (χ1n) is 5.34. The van der Waals surface area contributed by atoms with Crippen LogP contribution in [0.4, 0.5) is 0 Å². The Morgan fingerprint density at radius 2 is 1.50 bits per heavy atom. The zero-order valence-electron chi connectivity index (χ0n) is 9.58. The summed E-state index contributed by atoms with van der Waals surface area (Å²) in [5.41, 5.74) is 0. The van der Waals surface area contributed by atoms with Crippen LogP contribution >= 0.6 is 11.8 Å². The van der Waals surface area contributed by atoms with Crippen LogP contribution in [-0.4, -0.2) is 5.75 Å². The van der Waals surface area contributed by atoms with E-state index in [1.807, 2.05) is 39.5 Å². The third kappa shape index (κ3) is 4.01. The van der Waals surface area contributed by atoms with E-state index in [1.165, 1.54) is 10.4 Å². The molecule has 0 atom stereocenters. The summed E-state index contributed by atoms with van der Waals surface area (Å²) in [7, 11) is 0. The first-order valence-corrected chi connectivity index (χ1v) is 6.39. The van der Waals surface area contributed by atoms with Crippen molar-refractivity contribution in [2.75, 3.05) is 5.75 Å². The van der Waals surface area contributed by atoms with Crippen LogP contribution in [0.25, 0.3) is 11.5 Å². The summed E-state index contributed by atoms with van der Waals surface area (Å²) in [4.78, 5) is 0. The lowest BCUT2D eigenvalue weighted by Crippen LogP contribution is -2.25. The minimum atomic E-state index is 1.12. The van der Waals surface area contributed by atoms with Gasteiger partial charge in [-0.25, -0.2) is 0 Å². The zero-order valence-corrected chi connectivity index (χ0v) is 10.4. The van der Waals surface area contributed by atoms with E-state index in [9.17, 15) is 0 Å². The lowest BCUT2D eigenvalue weighted by atomic mass is 10.2. The Kier molecular flexibility index (Phi) is 8.45. The molecule has 1 heterocycles. The van der Waals surface area contributed by atoms with Gasteiger partial charge in [-0.15, -0.1) is 11.8 Å². The normalized spacial score (nSPS) is 11.4. The Morgan fingerprint density at radius 1 is 0.929 bits per heavy atom. The molecule has 78 valence electrons. The van der Waals surface area contributed by atoms with Crippen LogP contribution in [0.1, 0.15) is 27.7 Å². The van der Waals surface area contributed by atoms with Gasteiger partial charge in [0.25, 0.3) is 0 Å². The molecule has 1 aliphatic heterocycles. The van der Waals surface area contributed by atoms with Crippen LogP contribution in [-0.2, 0) is 0 Å². The smallest absolute Gasteiger partial charge is 0.0164 e. The first kappa shape index (κ1) is 13.3. The fourth-order valence-corrected chi connectivity index (χ4v) is 1.85. The van der Waals surface area contributed by atoms with E-state index >= 15 is 0 Å². The summed E-state index contributed by atoms with van der Waals surface area (Å²) in [6.07, 6.45) is 2.26. The van der Waals surface area contributed by atoms with Gasteiger partial charge in [0.1, 0.15) is 0 Å². The largest absolute Gasteiger partial charge is 0.129 e. The molecule has 1 aromatic carbocycles. The summed E-state index contributed by atoms with van der Waals surface area (Å²) in [6, 6.07) is 8.47. The highest BCUT2D eigenvalue weighted by Gasteiger charge is 1.89. The summed E-state index contributed by atoms with van der Waals surface area (Å²) in [5.74, 6) is 1.12. The molecule has 0 saturated heterocycles. The molecule has 1 heteroatoms. The Labute approximate surface area is 91.7 Å². The predicted octanol–water partition coefficient (Wildman–Crippen LogP) is 3.00. The van der Waals surface area contributed by atoms with Crippen LogP contribution < -0.4 is 10.4 Å². The van der Waals surface area contributed by atoms with Crippen molar-refractivity contribution in [1.82, 2.24) is 0 Å². The monoisotopic (exact) mass is 208 g/mol. The predicted molar refractivity (Wildman–Crippen MR) is 69.8 cm³/mol. The van der Waals surface area contributed by atoms with E-state index in [4.69, 9.17) is 0 Å². The van der Waals surface area contributed by atoms with Gasteiger partial charge in [-0.3, -0.25) is 0 Å². The van der Waals surface area contributed by atoms with Gasteiger partial charge in [0.05, 0.1) is 0 Å². The lowest BCUT2D eigenvalue weighted by molar-refractivity contribution is 1.50. The number of hydrogen-bond donors (Lipinski definition) is 0. The van der Waals surface area contributed by atoms with Crippen molar-refractivity contribution in [3.63, 3.8) is 0 Å². The van der Waals surface area contributed by atoms with Gasteiger partial charge in [0.2, 0.25) is 0 Å². The topological polar surface area (TPSA) is 0 Å². The average Bonchev–Trinajstić information content (AvgIpc) is 2.34. The van der Waals surface area contributed by atoms with Crippen molar-refractivity contribution in [2.45, 2.75) is 27.7 Å². The summed E-state index contributed by atoms with van der Waals surface area (Å²) in [6.45, 7) is 8.00. The molecule has 0 fully saturated rings. The van der Waals surface area contributed by atoms with Crippen LogP contribution in [0.5, 0.6) is 0 Å². The molecule has 0 spiro atoms. The Bertz CT molecular complexity index is 303. The highest BCUT2D eigenvalue weighted by molar-refractivity contribution is 8.06. The van der Waals surface area contributed by atoms with Crippen molar-refractivity contribution in [1.29, 1.82) is 0 Å². The summed E-state index contributed by atoms with van der Waals surface area (Å²) in [5, 5.41) is 4.95. The third-order valence-electron chi connectivity index (χ3n) is 1.61. The minimum absolute atomic E-state index is 1.12. The molecular weight excluding hydrogens is 188 g/mol. The average molecular weight is 208 g/mol. The molecule has 14 heavy (non-hydrogen) atoms. The van der Waals surface area contributed by atoms with E-state index in [0.29, 0.717) is 0 Å². The van der Waals surface area contributed by atoms with Crippen molar-refractivity contribution >= 4 is 23.2 Å². The molecule has 0 amide bonds. The van der Waals surface area contributed by atoms with Crippen LogP contribution in [0.3, 0.4) is 0 Å². The van der Waals surface area contributed by atoms with E-state index in [2.05, 4.69) is 35.7 Å². The second kappa shape index (κ2) is 8.89. The summed E-state index contributed by atoms with van der Waals surface area (Å²) >= 11 is 1.86. The van der Waals surface area contributed by atoms with E-state index in [0.717, 1.165) is 5.75 Å². The third-order valence-corrected chi connectivity index (χ3v) is 2.39. The maximum Gasteiger partial charge on any atom is 0.0164 e. The molecule has 0 aromatic heterocycles. The number of thioether (sulfide) groups is 1. The van der Waals surface area contributed by atoms with Gasteiger partial charge in [-0.2, -0.15) is 0 Å². The van der Waals surface area contributed by atoms with Crippen molar-refractivity contribution in [3.05, 3.63) is 34.7 Å². The molecule has 0 bridgehead atoms. The fraction of sp³-hybridized carbons (Fsp3) is 0.385. The SMILES string of the molecule is C1=c2ccccc2=CSC1.CC.CC. The van der Waals surface area contributed by atoms with Crippen molar-refractivity contribution < 1.29 is 0 Å². The Hall–Kier alpha value is -0.690. The van der Waals surface area contributed by atoms with E-state index < -0.39 is 0 Å². The van der Waals surface area contributed by atoms with Gasteiger partial charge in [0, 0.05) is 5.75 Å². The molecule has 0 radical (unpaired) electrons. The van der Waals surface area contributed by atoms with Crippen LogP contribution in [0.15, 0.2) is 24.3 Å². The highest BCUT2D eigenvalue weighted by Crippen LogP contribution is 2.02. The first-order chi connectivity index (χ1) is 6.97. The quantitative estimate of drug-likeness (QED) is 0.631. The zero-order chi connectivity index (χ0) is 10.8. The number of hydrogen-bond acceptors (Lipinski definition) is 1. The van der Waals surface area contributed by atoms with Crippen LogP contribution in [0, 0.1) is 0 Å². The molecule has 0 aliphatic carbocycles. The Morgan fingerprint density at radius 3 is 2.07 bits per heavy atom. The van der Waals surface area contributed by atoms with Gasteiger partial charge >= 0.3 is 0 Å². The molecule has 2 rings (SSSR count). The van der Waals surface area contributed by atoms with Gasteiger partial charge < -0.3 is 0 Å². The maximum atomic E-state index is 2.26. The number of fused-ring (bicyclic) bond motifs is 1. The van der Waals surface area contributed by atoms with Gasteiger partial charge in [0.15, 0.2) is 0 Å². The molecule has 0 unspecified atom stereocenters. The molecule has 0 nitrogen and oxygen atoms in total. The number of benzene rings is 1. The molecule has 0 saturated carbocycles. The maximum absolute atomic E-state index is 2.26. The van der Waals surface area contributed by atoms with Crippen molar-refractivity contribution in [3.8, 4) is 0 Å². The summed E-state index contributed by atoms with van der Waals surface area (Å²) < 4.78 is 0. The molecule has 0 N–H and O–H groups in total. The lowest BCUT2D eigenvalue weighted by Gasteiger charge is -1.96. The molecule has 1 aliphatic rings. The standard InChI is InChI=1S/C9H8S.2C2H6/c1-2-4-9-7-10-6-5-8(9)3-1;2*1-2/h1-5,7H,6H2;2*1-2H3. The molecular formula is C13H20S.